The summed E-state index contributed by atoms with van der Waals surface area (Å²) in [6.45, 7) is 2.67. The fourth-order valence-electron chi connectivity index (χ4n) is 8.06. The fourth-order valence-corrected chi connectivity index (χ4v) is 8.06. The van der Waals surface area contributed by atoms with Gasteiger partial charge in [-0.3, -0.25) is 28.9 Å². The quantitative estimate of drug-likeness (QED) is 0.351. The van der Waals surface area contributed by atoms with E-state index in [-0.39, 0.29) is 29.7 Å². The standard InChI is InChI=1S/C30H40N4O7/c1-29(8-6-7-9-29)32-13-15-12-18(35)20-16(22(15)33(2)3)10-14-11-17-23(34(4)5)25(37)21(28(31)40)27(39)30(17,41)26(38)19(14)24(20)36/h12,14,17,19,21,23,32,35,41H,6-11,13H2,1-5H3,(H2,31,40)/t14-,17-,19?,21?,23-,30-/m0/s1. The molecule has 11 nitrogen and oxygen atoms in total. The molecule has 1 amide bonds. The number of hydrogen-bond donors (Lipinski definition) is 4. The third kappa shape index (κ3) is 4.31. The zero-order chi connectivity index (χ0) is 30.2. The maximum absolute atomic E-state index is 14.0. The molecule has 0 radical (unpaired) electrons. The van der Waals surface area contributed by atoms with Crippen molar-refractivity contribution < 1.29 is 34.2 Å². The molecule has 0 aliphatic heterocycles. The number of nitrogens with one attached hydrogen (secondary N) is 1. The second kappa shape index (κ2) is 9.99. The summed E-state index contributed by atoms with van der Waals surface area (Å²) in [7, 11) is 6.86. The van der Waals surface area contributed by atoms with Crippen LogP contribution in [-0.4, -0.2) is 89.5 Å². The molecule has 2 unspecified atom stereocenters. The van der Waals surface area contributed by atoms with Crippen LogP contribution in [0.5, 0.6) is 5.75 Å². The lowest BCUT2D eigenvalue weighted by Gasteiger charge is -2.52. The number of hydrogen-bond acceptors (Lipinski definition) is 10. The Morgan fingerprint density at radius 1 is 1.10 bits per heavy atom. The Bertz CT molecular complexity index is 1350. The lowest BCUT2D eigenvalue weighted by molar-refractivity contribution is -0.181. The van der Waals surface area contributed by atoms with Gasteiger partial charge in [0.15, 0.2) is 34.7 Å². The Kier molecular flexibility index (Phi) is 7.15. The molecule has 0 heterocycles. The summed E-state index contributed by atoms with van der Waals surface area (Å²) in [6.07, 6.45) is 4.67. The van der Waals surface area contributed by atoms with Crippen LogP contribution in [0.1, 0.15) is 60.5 Å². The Labute approximate surface area is 239 Å². The van der Waals surface area contributed by atoms with E-state index in [0.717, 1.165) is 36.9 Å². The van der Waals surface area contributed by atoms with E-state index in [1.165, 1.54) is 4.90 Å². The van der Waals surface area contributed by atoms with Crippen molar-refractivity contribution in [1.82, 2.24) is 10.2 Å². The van der Waals surface area contributed by atoms with Crippen LogP contribution in [0.2, 0.25) is 0 Å². The molecule has 1 aromatic carbocycles. The van der Waals surface area contributed by atoms with Crippen LogP contribution < -0.4 is 16.0 Å². The van der Waals surface area contributed by atoms with Gasteiger partial charge in [0.2, 0.25) is 5.91 Å². The van der Waals surface area contributed by atoms with E-state index in [2.05, 4.69) is 12.2 Å². The van der Waals surface area contributed by atoms with Gasteiger partial charge in [-0.1, -0.05) is 12.8 Å². The minimum Gasteiger partial charge on any atom is -0.507 e. The molecular weight excluding hydrogens is 528 g/mol. The van der Waals surface area contributed by atoms with Gasteiger partial charge >= 0.3 is 0 Å². The average Bonchev–Trinajstić information content (AvgIpc) is 3.30. The summed E-state index contributed by atoms with van der Waals surface area (Å²) < 4.78 is 0. The molecule has 222 valence electrons. The molecule has 3 saturated carbocycles. The molecule has 0 saturated heterocycles. The Balaban J connectivity index is 1.59. The van der Waals surface area contributed by atoms with Crippen molar-refractivity contribution in [3.63, 3.8) is 0 Å². The monoisotopic (exact) mass is 568 g/mol. The van der Waals surface area contributed by atoms with E-state index in [0.29, 0.717) is 12.1 Å². The van der Waals surface area contributed by atoms with Crippen molar-refractivity contribution in [2.75, 3.05) is 33.1 Å². The van der Waals surface area contributed by atoms with Crippen molar-refractivity contribution in [2.24, 2.45) is 29.4 Å². The van der Waals surface area contributed by atoms with Crippen LogP contribution in [0.3, 0.4) is 0 Å². The van der Waals surface area contributed by atoms with Crippen molar-refractivity contribution in [2.45, 2.75) is 69.2 Å². The molecule has 6 atom stereocenters. The van der Waals surface area contributed by atoms with Gasteiger partial charge in [0.05, 0.1) is 17.5 Å². The Morgan fingerprint density at radius 2 is 1.73 bits per heavy atom. The molecule has 41 heavy (non-hydrogen) atoms. The summed E-state index contributed by atoms with van der Waals surface area (Å²) >= 11 is 0. The van der Waals surface area contributed by atoms with Crippen molar-refractivity contribution in [3.8, 4) is 5.75 Å². The third-order valence-electron chi connectivity index (χ3n) is 9.97. The average molecular weight is 569 g/mol. The van der Waals surface area contributed by atoms with Gasteiger partial charge in [-0.2, -0.15) is 0 Å². The number of carbonyl (C=O) groups excluding carboxylic acids is 5. The molecule has 0 spiro atoms. The second-order valence-corrected chi connectivity index (χ2v) is 13.1. The van der Waals surface area contributed by atoms with Crippen LogP contribution in [0.25, 0.3) is 0 Å². The highest BCUT2D eigenvalue weighted by Gasteiger charge is 2.69. The molecule has 1 aromatic rings. The van der Waals surface area contributed by atoms with Crippen molar-refractivity contribution in [1.29, 1.82) is 0 Å². The molecule has 0 aromatic heterocycles. The number of phenols is 1. The first-order valence-electron chi connectivity index (χ1n) is 14.3. The van der Waals surface area contributed by atoms with E-state index in [1.54, 1.807) is 20.2 Å². The van der Waals surface area contributed by atoms with E-state index in [4.69, 9.17) is 5.73 Å². The van der Waals surface area contributed by atoms with E-state index in [1.807, 2.05) is 19.0 Å². The van der Waals surface area contributed by atoms with E-state index >= 15 is 0 Å². The van der Waals surface area contributed by atoms with E-state index < -0.39 is 64.4 Å². The minimum absolute atomic E-state index is 0.0103. The summed E-state index contributed by atoms with van der Waals surface area (Å²) in [4.78, 5) is 70.2. The topological polar surface area (TPSA) is 170 Å². The summed E-state index contributed by atoms with van der Waals surface area (Å²) in [6, 6.07) is 0.430. The fraction of sp³-hybridized carbons (Fsp3) is 0.633. The number of aromatic hydroxyl groups is 1. The number of aliphatic hydroxyl groups is 1. The Hall–Kier alpha value is -3.15. The highest BCUT2D eigenvalue weighted by atomic mass is 16.3. The number of nitrogens with zero attached hydrogens (tertiary/aromatic N) is 2. The number of amides is 1. The smallest absolute Gasteiger partial charge is 0.235 e. The van der Waals surface area contributed by atoms with Gasteiger partial charge in [0.1, 0.15) is 5.75 Å². The number of ketones is 4. The molecule has 0 bridgehead atoms. The van der Waals surface area contributed by atoms with Gasteiger partial charge in [-0.05, 0) is 69.8 Å². The number of Topliss-reactive ketones (excluding diaryl/α,β-unsaturated/α-hetero) is 4. The first kappa shape index (κ1) is 29.3. The molecule has 11 heteroatoms. The van der Waals surface area contributed by atoms with Crippen LogP contribution in [0, 0.1) is 23.7 Å². The largest absolute Gasteiger partial charge is 0.507 e. The summed E-state index contributed by atoms with van der Waals surface area (Å²) in [5, 5.41) is 26.5. The van der Waals surface area contributed by atoms with E-state index in [9.17, 15) is 34.2 Å². The number of phenolic OH excluding ortho intramolecular Hbond substituents is 1. The predicted octanol–water partition coefficient (Wildman–Crippen LogP) is 0.355. The number of likely N-dealkylation sites (N-methyl/N-ethyl adjacent to an activating group) is 1. The first-order valence-corrected chi connectivity index (χ1v) is 14.3. The van der Waals surface area contributed by atoms with Crippen LogP contribution in [0.4, 0.5) is 5.69 Å². The van der Waals surface area contributed by atoms with Gasteiger partial charge in [-0.15, -0.1) is 0 Å². The van der Waals surface area contributed by atoms with Crippen LogP contribution >= 0.6 is 0 Å². The molecular formula is C30H40N4O7. The van der Waals surface area contributed by atoms with Gasteiger partial charge in [0.25, 0.3) is 0 Å². The number of anilines is 1. The number of fused-ring (bicyclic) bond motifs is 3. The highest BCUT2D eigenvalue weighted by Crippen LogP contribution is 2.52. The number of carbonyl (C=O) groups is 5. The molecule has 5 N–H and O–H groups in total. The maximum Gasteiger partial charge on any atom is 0.235 e. The zero-order valence-electron chi connectivity index (χ0n) is 24.3. The second-order valence-electron chi connectivity index (χ2n) is 13.1. The van der Waals surface area contributed by atoms with Gasteiger partial charge in [-0.25, -0.2) is 0 Å². The zero-order valence-corrected chi connectivity index (χ0v) is 24.3. The van der Waals surface area contributed by atoms with Crippen LogP contribution in [0.15, 0.2) is 6.07 Å². The first-order chi connectivity index (χ1) is 19.1. The van der Waals surface area contributed by atoms with Gasteiger partial charge < -0.3 is 26.2 Å². The van der Waals surface area contributed by atoms with Crippen molar-refractivity contribution >= 4 is 34.7 Å². The summed E-state index contributed by atoms with van der Waals surface area (Å²) in [5.74, 6) is -10.4. The number of benzene rings is 1. The molecule has 3 fully saturated rings. The highest BCUT2D eigenvalue weighted by molar-refractivity contribution is 6.32. The normalized spacial score (nSPS) is 32.5. The number of rotatable bonds is 6. The minimum atomic E-state index is -2.72. The SMILES string of the molecule is CN(C)c1c(CNC2(C)CCCC2)cc(O)c2c1C[C@H]1C[C@H]3[C@H](N(C)C)C(=O)C(C(N)=O)C(=O)[C@@]3(O)C(=O)C1C2=O. The number of nitrogens with two attached hydrogens (primary N) is 1. The maximum atomic E-state index is 14.0. The predicted molar refractivity (Wildman–Crippen MR) is 149 cm³/mol. The molecule has 5 rings (SSSR count). The number of primary amides is 1. The van der Waals surface area contributed by atoms with Gasteiger partial charge in [0, 0.05) is 37.8 Å². The molecule has 4 aliphatic rings. The Morgan fingerprint density at radius 3 is 2.29 bits per heavy atom. The lowest BCUT2D eigenvalue weighted by atomic mass is 9.52. The molecule has 4 aliphatic carbocycles. The van der Waals surface area contributed by atoms with Crippen LogP contribution in [-0.2, 0) is 32.1 Å². The van der Waals surface area contributed by atoms with Crippen molar-refractivity contribution in [3.05, 3.63) is 22.8 Å². The third-order valence-corrected chi connectivity index (χ3v) is 9.97. The lowest BCUT2D eigenvalue weighted by Crippen LogP contribution is -2.74. The summed E-state index contributed by atoms with van der Waals surface area (Å²) in [5.41, 5.74) is 4.86.